The van der Waals surface area contributed by atoms with Crippen molar-refractivity contribution in [3.8, 4) is 11.5 Å². The fourth-order valence-corrected chi connectivity index (χ4v) is 4.62. The average Bonchev–Trinajstić information content (AvgIpc) is 2.83. The number of sulfonamides is 1. The summed E-state index contributed by atoms with van der Waals surface area (Å²) < 4.78 is 38.0. The van der Waals surface area contributed by atoms with E-state index in [9.17, 15) is 23.1 Å². The number of allylic oxidation sites excluding steroid dienone is 1. The van der Waals surface area contributed by atoms with Crippen LogP contribution in [-0.4, -0.2) is 26.4 Å². The van der Waals surface area contributed by atoms with E-state index >= 15 is 0 Å². The second-order valence-electron chi connectivity index (χ2n) is 7.36. The van der Waals surface area contributed by atoms with E-state index in [2.05, 4.69) is 4.72 Å². The van der Waals surface area contributed by atoms with E-state index in [1.807, 2.05) is 0 Å². The van der Waals surface area contributed by atoms with Gasteiger partial charge < -0.3 is 14.3 Å². The molecule has 0 unspecified atom stereocenters. The van der Waals surface area contributed by atoms with Gasteiger partial charge in [0.1, 0.15) is 11.3 Å². The van der Waals surface area contributed by atoms with Crippen molar-refractivity contribution in [1.82, 2.24) is 0 Å². The minimum Gasteiger partial charge on any atom is -0.505 e. The number of anilines is 1. The van der Waals surface area contributed by atoms with Crippen LogP contribution in [0.3, 0.4) is 0 Å². The van der Waals surface area contributed by atoms with Crippen LogP contribution in [0.2, 0.25) is 5.02 Å². The van der Waals surface area contributed by atoms with Gasteiger partial charge in [0.05, 0.1) is 12.5 Å². The van der Waals surface area contributed by atoms with E-state index in [1.165, 1.54) is 48.5 Å². The molecule has 3 aromatic carbocycles. The van der Waals surface area contributed by atoms with Crippen molar-refractivity contribution in [3.63, 3.8) is 0 Å². The molecular weight excluding hydrogens is 494 g/mol. The second kappa shape index (κ2) is 9.65. The number of ketones is 1. The van der Waals surface area contributed by atoms with E-state index < -0.39 is 26.3 Å². The number of fused-ring (bicyclic) bond motifs is 1. The molecule has 0 spiro atoms. The number of carbonyl (C=O) groups is 1. The van der Waals surface area contributed by atoms with Gasteiger partial charge in [0.2, 0.25) is 4.90 Å². The van der Waals surface area contributed by atoms with Crippen molar-refractivity contribution in [2.45, 2.75) is 4.90 Å². The number of aromatic hydroxyl groups is 1. The highest BCUT2D eigenvalue weighted by molar-refractivity contribution is 7.92. The van der Waals surface area contributed by atoms with Crippen molar-refractivity contribution < 1.29 is 27.5 Å². The van der Waals surface area contributed by atoms with Gasteiger partial charge in [0.25, 0.3) is 10.0 Å². The lowest BCUT2D eigenvalue weighted by molar-refractivity contribution is 0.104. The first kappa shape index (κ1) is 24.1. The zero-order chi connectivity index (χ0) is 25.2. The Hall–Kier alpha value is -4.08. The molecule has 0 aliphatic rings. The Labute approximate surface area is 205 Å². The molecule has 35 heavy (non-hydrogen) atoms. The van der Waals surface area contributed by atoms with E-state index in [-0.39, 0.29) is 27.5 Å². The van der Waals surface area contributed by atoms with Gasteiger partial charge in [0.15, 0.2) is 11.5 Å². The summed E-state index contributed by atoms with van der Waals surface area (Å²) in [6.45, 7) is 0. The van der Waals surface area contributed by atoms with Crippen LogP contribution in [0, 0.1) is 0 Å². The number of benzene rings is 3. The molecule has 178 valence electrons. The summed E-state index contributed by atoms with van der Waals surface area (Å²) in [5, 5.41) is 10.7. The Morgan fingerprint density at radius 2 is 1.74 bits per heavy atom. The predicted molar refractivity (Wildman–Crippen MR) is 133 cm³/mol. The predicted octanol–water partition coefficient (Wildman–Crippen LogP) is 4.86. The van der Waals surface area contributed by atoms with Crippen LogP contribution in [0.15, 0.2) is 86.9 Å². The number of hydrogen-bond acceptors (Lipinski definition) is 7. The lowest BCUT2D eigenvalue weighted by Gasteiger charge is -2.10. The van der Waals surface area contributed by atoms with Crippen LogP contribution in [-0.2, 0) is 10.0 Å². The molecule has 10 heteroatoms. The third-order valence-electron chi connectivity index (χ3n) is 5.03. The quantitative estimate of drug-likeness (QED) is 0.206. The number of halogens is 1. The topological polar surface area (TPSA) is 123 Å². The van der Waals surface area contributed by atoms with Crippen molar-refractivity contribution in [2.24, 2.45) is 0 Å². The maximum absolute atomic E-state index is 12.8. The summed E-state index contributed by atoms with van der Waals surface area (Å²) in [6.07, 6.45) is 3.04. The highest BCUT2D eigenvalue weighted by Gasteiger charge is 2.27. The third-order valence-corrected chi connectivity index (χ3v) is 6.67. The van der Waals surface area contributed by atoms with Gasteiger partial charge in [-0.1, -0.05) is 29.8 Å². The normalized spacial score (nSPS) is 11.6. The van der Waals surface area contributed by atoms with Crippen molar-refractivity contribution in [1.29, 1.82) is 0 Å². The SMILES string of the molecule is COc1ccc(/C=C/C(=O)c2ccc(NS(=O)(=O)c3c(O)c4cc(Cl)ccc4oc3=O)cc2)cc1. The molecule has 0 aliphatic carbocycles. The summed E-state index contributed by atoms with van der Waals surface area (Å²) in [5.74, 6) is -0.369. The molecular formula is C25H18ClNO7S. The first-order valence-corrected chi connectivity index (χ1v) is 12.0. The molecule has 0 amide bonds. The maximum Gasteiger partial charge on any atom is 0.361 e. The van der Waals surface area contributed by atoms with E-state index in [4.69, 9.17) is 20.8 Å². The van der Waals surface area contributed by atoms with Gasteiger partial charge in [-0.15, -0.1) is 0 Å². The fraction of sp³-hybridized carbons (Fsp3) is 0.0400. The van der Waals surface area contributed by atoms with Crippen LogP contribution >= 0.6 is 11.6 Å². The summed E-state index contributed by atoms with van der Waals surface area (Å²) in [6, 6.07) is 16.8. The zero-order valence-electron chi connectivity index (χ0n) is 18.2. The number of hydrogen-bond donors (Lipinski definition) is 2. The number of ether oxygens (including phenoxy) is 1. The lowest BCUT2D eigenvalue weighted by Crippen LogP contribution is -2.21. The summed E-state index contributed by atoms with van der Waals surface area (Å²) in [4.78, 5) is 23.8. The van der Waals surface area contributed by atoms with Crippen molar-refractivity contribution in [3.05, 3.63) is 99.4 Å². The average molecular weight is 512 g/mol. The van der Waals surface area contributed by atoms with Crippen LogP contribution in [0.4, 0.5) is 5.69 Å². The third kappa shape index (κ3) is 5.21. The molecule has 8 nitrogen and oxygen atoms in total. The molecule has 0 saturated carbocycles. The number of methoxy groups -OCH3 is 1. The standard InChI is InChI=1S/C25H18ClNO7S/c1-33-19-10-2-15(3-11-19)4-12-21(28)16-5-8-18(9-6-16)27-35(31,32)24-23(29)20-14-17(26)7-13-22(20)34-25(24)30/h2-14,27,29H,1H3/b12-4+. The molecule has 1 aromatic heterocycles. The second-order valence-corrected chi connectivity index (χ2v) is 9.42. The van der Waals surface area contributed by atoms with Gasteiger partial charge in [-0.25, -0.2) is 13.2 Å². The van der Waals surface area contributed by atoms with Gasteiger partial charge in [0, 0.05) is 16.3 Å². The molecule has 0 fully saturated rings. The largest absolute Gasteiger partial charge is 0.505 e. The number of nitrogens with one attached hydrogen (secondary N) is 1. The summed E-state index contributed by atoms with van der Waals surface area (Å²) in [5.41, 5.74) is -0.0494. The molecule has 0 atom stereocenters. The molecule has 0 aliphatic heterocycles. The Balaban J connectivity index is 1.54. The molecule has 1 heterocycles. The monoisotopic (exact) mass is 511 g/mol. The Morgan fingerprint density at radius 3 is 2.40 bits per heavy atom. The van der Waals surface area contributed by atoms with Gasteiger partial charge >= 0.3 is 5.63 Å². The van der Waals surface area contributed by atoms with E-state index in [0.29, 0.717) is 11.3 Å². The van der Waals surface area contributed by atoms with Crippen LogP contribution in [0.1, 0.15) is 15.9 Å². The fourth-order valence-electron chi connectivity index (χ4n) is 3.27. The molecule has 4 rings (SSSR count). The molecule has 4 aromatic rings. The van der Waals surface area contributed by atoms with Crippen LogP contribution in [0.25, 0.3) is 17.0 Å². The summed E-state index contributed by atoms with van der Waals surface area (Å²) >= 11 is 5.90. The molecule has 0 bridgehead atoms. The Kier molecular flexibility index (Phi) is 6.63. The highest BCUT2D eigenvalue weighted by atomic mass is 35.5. The molecule has 0 saturated heterocycles. The molecule has 2 N–H and O–H groups in total. The summed E-state index contributed by atoms with van der Waals surface area (Å²) in [7, 11) is -2.96. The Morgan fingerprint density at radius 1 is 1.06 bits per heavy atom. The zero-order valence-corrected chi connectivity index (χ0v) is 19.8. The van der Waals surface area contributed by atoms with Gasteiger partial charge in [-0.2, -0.15) is 0 Å². The van der Waals surface area contributed by atoms with Gasteiger partial charge in [-0.05, 0) is 66.2 Å². The molecule has 0 radical (unpaired) electrons. The highest BCUT2D eigenvalue weighted by Crippen LogP contribution is 2.32. The first-order valence-electron chi connectivity index (χ1n) is 10.1. The minimum atomic E-state index is -4.52. The number of carbonyl (C=O) groups excluding carboxylic acids is 1. The van der Waals surface area contributed by atoms with Crippen LogP contribution < -0.4 is 15.1 Å². The number of rotatable bonds is 7. The van der Waals surface area contributed by atoms with Gasteiger partial charge in [-0.3, -0.25) is 9.52 Å². The van der Waals surface area contributed by atoms with Crippen molar-refractivity contribution >= 4 is 50.1 Å². The smallest absolute Gasteiger partial charge is 0.361 e. The minimum absolute atomic E-state index is 0.0126. The van der Waals surface area contributed by atoms with Crippen LogP contribution in [0.5, 0.6) is 11.5 Å². The van der Waals surface area contributed by atoms with E-state index in [1.54, 1.807) is 37.5 Å². The van der Waals surface area contributed by atoms with Crippen molar-refractivity contribution in [2.75, 3.05) is 11.8 Å². The first-order chi connectivity index (χ1) is 16.7. The maximum atomic E-state index is 12.8. The lowest BCUT2D eigenvalue weighted by atomic mass is 10.1. The van der Waals surface area contributed by atoms with E-state index in [0.717, 1.165) is 5.56 Å². The Bertz CT molecular complexity index is 1610.